The van der Waals surface area contributed by atoms with E-state index in [0.717, 1.165) is 23.9 Å². The van der Waals surface area contributed by atoms with Crippen LogP contribution in [0.1, 0.15) is 59.8 Å². The van der Waals surface area contributed by atoms with Crippen molar-refractivity contribution >= 4 is 0 Å². The van der Waals surface area contributed by atoms with Gasteiger partial charge in [-0.3, -0.25) is 0 Å². The highest BCUT2D eigenvalue weighted by atomic mass is 15.0. The molecule has 3 atom stereocenters. The molecule has 0 aliphatic carbocycles. The van der Waals surface area contributed by atoms with E-state index in [2.05, 4.69) is 33.0 Å². The molecule has 1 fully saturated rings. The molecule has 0 radical (unpaired) electrons. The Morgan fingerprint density at radius 3 is 2.14 bits per heavy atom. The smallest absolute Gasteiger partial charge is 0.00985 e. The van der Waals surface area contributed by atoms with Gasteiger partial charge in [-0.1, -0.05) is 40.5 Å². The van der Waals surface area contributed by atoms with Crippen LogP contribution in [0.3, 0.4) is 0 Å². The molecular formula is C13H27N. The fraction of sp³-hybridized carbons (Fsp3) is 1.00. The summed E-state index contributed by atoms with van der Waals surface area (Å²) in [4.78, 5) is 0. The third-order valence-corrected chi connectivity index (χ3v) is 4.11. The van der Waals surface area contributed by atoms with Crippen molar-refractivity contribution in [2.75, 3.05) is 0 Å². The van der Waals surface area contributed by atoms with E-state index in [-0.39, 0.29) is 0 Å². The van der Waals surface area contributed by atoms with E-state index in [4.69, 9.17) is 0 Å². The topological polar surface area (TPSA) is 12.0 Å². The van der Waals surface area contributed by atoms with Crippen LogP contribution in [0.25, 0.3) is 0 Å². The summed E-state index contributed by atoms with van der Waals surface area (Å²) in [5.41, 5.74) is 0. The molecule has 0 aromatic heterocycles. The summed E-state index contributed by atoms with van der Waals surface area (Å²) in [6.45, 7) is 9.32. The first kappa shape index (κ1) is 12.0. The lowest BCUT2D eigenvalue weighted by molar-refractivity contribution is 0.278. The van der Waals surface area contributed by atoms with Crippen LogP contribution in [-0.2, 0) is 0 Å². The number of rotatable bonds is 5. The average molecular weight is 197 g/mol. The Hall–Kier alpha value is -0.0400. The molecule has 1 heterocycles. The molecule has 0 amide bonds. The highest BCUT2D eigenvalue weighted by molar-refractivity contribution is 4.91. The highest BCUT2D eigenvalue weighted by Gasteiger charge is 2.34. The Kier molecular flexibility index (Phi) is 4.94. The van der Waals surface area contributed by atoms with E-state index in [0.29, 0.717) is 0 Å². The second-order valence-electron chi connectivity index (χ2n) is 4.76. The summed E-state index contributed by atoms with van der Waals surface area (Å²) in [5.74, 6) is 1.89. The number of nitrogens with one attached hydrogen (secondary N) is 1. The first-order valence-electron chi connectivity index (χ1n) is 6.52. The van der Waals surface area contributed by atoms with Gasteiger partial charge in [0.15, 0.2) is 0 Å². The summed E-state index contributed by atoms with van der Waals surface area (Å²) in [5, 5.41) is 3.79. The van der Waals surface area contributed by atoms with Gasteiger partial charge in [0, 0.05) is 12.1 Å². The zero-order valence-electron chi connectivity index (χ0n) is 10.3. The van der Waals surface area contributed by atoms with Crippen molar-refractivity contribution in [1.29, 1.82) is 0 Å². The van der Waals surface area contributed by atoms with Gasteiger partial charge < -0.3 is 5.32 Å². The van der Waals surface area contributed by atoms with Gasteiger partial charge in [-0.05, 0) is 31.1 Å². The molecule has 0 saturated carbocycles. The van der Waals surface area contributed by atoms with Crippen molar-refractivity contribution in [3.63, 3.8) is 0 Å². The first-order valence-corrected chi connectivity index (χ1v) is 6.52. The lowest BCUT2D eigenvalue weighted by Gasteiger charge is -2.25. The second-order valence-corrected chi connectivity index (χ2v) is 4.76. The van der Waals surface area contributed by atoms with Gasteiger partial charge in [0.25, 0.3) is 0 Å². The largest absolute Gasteiger partial charge is 0.311 e. The standard InChI is InChI=1S/C13H27N/c1-5-10(6-2)12-9-11(7-3)14-13(12)8-4/h10-14H,5-9H2,1-4H3. The second kappa shape index (κ2) is 5.75. The molecule has 1 nitrogen and oxygen atoms in total. The van der Waals surface area contributed by atoms with Gasteiger partial charge in [-0.2, -0.15) is 0 Å². The Labute approximate surface area is 89.7 Å². The van der Waals surface area contributed by atoms with Gasteiger partial charge in [-0.15, -0.1) is 0 Å². The lowest BCUT2D eigenvalue weighted by Crippen LogP contribution is -2.32. The Bertz CT molecular complexity index is 151. The third kappa shape index (κ3) is 2.50. The van der Waals surface area contributed by atoms with Crippen LogP contribution in [0.5, 0.6) is 0 Å². The molecule has 1 N–H and O–H groups in total. The van der Waals surface area contributed by atoms with Crippen molar-refractivity contribution in [2.45, 2.75) is 71.9 Å². The molecule has 3 unspecified atom stereocenters. The minimum absolute atomic E-state index is 0.796. The van der Waals surface area contributed by atoms with Crippen molar-refractivity contribution in [1.82, 2.24) is 5.32 Å². The van der Waals surface area contributed by atoms with E-state index < -0.39 is 0 Å². The number of hydrogen-bond donors (Lipinski definition) is 1. The molecule has 0 aromatic rings. The molecule has 0 bridgehead atoms. The van der Waals surface area contributed by atoms with Crippen LogP contribution >= 0.6 is 0 Å². The van der Waals surface area contributed by atoms with Crippen LogP contribution in [0.2, 0.25) is 0 Å². The van der Waals surface area contributed by atoms with Crippen molar-refractivity contribution in [2.24, 2.45) is 11.8 Å². The van der Waals surface area contributed by atoms with Crippen molar-refractivity contribution in [3.8, 4) is 0 Å². The summed E-state index contributed by atoms with van der Waals surface area (Å²) in [6.07, 6.45) is 6.73. The zero-order chi connectivity index (χ0) is 10.6. The average Bonchev–Trinajstić information content (AvgIpc) is 2.63. The van der Waals surface area contributed by atoms with Gasteiger partial charge in [0.1, 0.15) is 0 Å². The molecule has 1 rings (SSSR count). The van der Waals surface area contributed by atoms with Gasteiger partial charge in [-0.25, -0.2) is 0 Å². The minimum Gasteiger partial charge on any atom is -0.311 e. The van der Waals surface area contributed by atoms with E-state index in [1.807, 2.05) is 0 Å². The van der Waals surface area contributed by atoms with Crippen LogP contribution in [0.4, 0.5) is 0 Å². The number of hydrogen-bond acceptors (Lipinski definition) is 1. The van der Waals surface area contributed by atoms with Crippen LogP contribution < -0.4 is 5.32 Å². The van der Waals surface area contributed by atoms with E-state index in [1.165, 1.54) is 32.1 Å². The summed E-state index contributed by atoms with van der Waals surface area (Å²) in [7, 11) is 0. The van der Waals surface area contributed by atoms with Gasteiger partial charge in [0.2, 0.25) is 0 Å². The Morgan fingerprint density at radius 2 is 1.71 bits per heavy atom. The maximum Gasteiger partial charge on any atom is 0.00985 e. The normalized spacial score (nSPS) is 32.8. The monoisotopic (exact) mass is 197 g/mol. The first-order chi connectivity index (χ1) is 6.76. The molecule has 1 aliphatic heterocycles. The van der Waals surface area contributed by atoms with Crippen LogP contribution in [0.15, 0.2) is 0 Å². The quantitative estimate of drug-likeness (QED) is 0.710. The van der Waals surface area contributed by atoms with Crippen LogP contribution in [0, 0.1) is 11.8 Å². The van der Waals surface area contributed by atoms with Crippen molar-refractivity contribution in [3.05, 3.63) is 0 Å². The predicted molar refractivity (Wildman–Crippen MR) is 63.5 cm³/mol. The molecule has 1 aliphatic rings. The predicted octanol–water partition coefficient (Wildman–Crippen LogP) is 3.59. The zero-order valence-corrected chi connectivity index (χ0v) is 10.3. The molecule has 0 spiro atoms. The highest BCUT2D eigenvalue weighted by Crippen LogP contribution is 2.34. The SMILES string of the molecule is CCC1CC(C(CC)CC)C(CC)N1. The van der Waals surface area contributed by atoms with Gasteiger partial charge >= 0.3 is 0 Å². The third-order valence-electron chi connectivity index (χ3n) is 4.11. The van der Waals surface area contributed by atoms with E-state index in [1.54, 1.807) is 0 Å². The summed E-state index contributed by atoms with van der Waals surface area (Å²) < 4.78 is 0. The van der Waals surface area contributed by atoms with E-state index >= 15 is 0 Å². The van der Waals surface area contributed by atoms with Crippen LogP contribution in [-0.4, -0.2) is 12.1 Å². The Morgan fingerprint density at radius 1 is 1.07 bits per heavy atom. The van der Waals surface area contributed by atoms with Gasteiger partial charge in [0.05, 0.1) is 0 Å². The minimum atomic E-state index is 0.796. The molecule has 1 heteroatoms. The van der Waals surface area contributed by atoms with Crippen molar-refractivity contribution < 1.29 is 0 Å². The molecule has 0 aromatic carbocycles. The Balaban J connectivity index is 2.57. The fourth-order valence-electron chi connectivity index (χ4n) is 3.11. The summed E-state index contributed by atoms with van der Waals surface area (Å²) >= 11 is 0. The molecule has 14 heavy (non-hydrogen) atoms. The lowest BCUT2D eigenvalue weighted by atomic mass is 9.81. The molecular weight excluding hydrogens is 170 g/mol. The van der Waals surface area contributed by atoms with E-state index in [9.17, 15) is 0 Å². The molecule has 1 saturated heterocycles. The maximum absolute atomic E-state index is 3.79. The fourth-order valence-corrected chi connectivity index (χ4v) is 3.11. The summed E-state index contributed by atoms with van der Waals surface area (Å²) in [6, 6.07) is 1.59. The molecule has 84 valence electrons. The maximum atomic E-state index is 3.79.